The Morgan fingerprint density at radius 1 is 1.40 bits per heavy atom. The van der Waals surface area contributed by atoms with Crippen molar-refractivity contribution in [3.05, 3.63) is 31.0 Å². The highest BCUT2D eigenvalue weighted by Gasteiger charge is 2.01. The van der Waals surface area contributed by atoms with Crippen LogP contribution < -0.4 is 5.32 Å². The maximum absolute atomic E-state index is 4.02. The van der Waals surface area contributed by atoms with Gasteiger partial charge in [0.15, 0.2) is 5.82 Å². The Morgan fingerprint density at radius 2 is 2.40 bits per heavy atom. The first-order valence-electron chi connectivity index (χ1n) is 2.89. The van der Waals surface area contributed by atoms with Crippen molar-refractivity contribution in [1.82, 2.24) is 20.1 Å². The Kier molecular flexibility index (Phi) is 1.04. The van der Waals surface area contributed by atoms with Gasteiger partial charge in [-0.05, 0) is 12.2 Å². The summed E-state index contributed by atoms with van der Waals surface area (Å²) >= 11 is 0. The molecule has 0 unspecified atom stereocenters. The minimum Gasteiger partial charge on any atom is -0.237 e. The molecule has 1 aliphatic heterocycles. The second-order valence-corrected chi connectivity index (χ2v) is 1.84. The molecule has 4 heteroatoms. The fourth-order valence-electron chi connectivity index (χ4n) is 0.754. The van der Waals surface area contributed by atoms with E-state index in [1.54, 1.807) is 17.2 Å². The van der Waals surface area contributed by atoms with Crippen LogP contribution >= 0.6 is 0 Å². The van der Waals surface area contributed by atoms with Crippen LogP contribution in [0.3, 0.4) is 0 Å². The molecular weight excluding hydrogens is 128 g/mol. The fraction of sp³-hybridized carbons (Fsp3) is 0. The molecule has 0 fully saturated rings. The lowest BCUT2D eigenvalue weighted by Gasteiger charge is -1.96. The zero-order chi connectivity index (χ0) is 6.81. The number of hydrogen-bond donors (Lipinski definition) is 0. The van der Waals surface area contributed by atoms with Crippen molar-refractivity contribution in [2.24, 2.45) is 0 Å². The van der Waals surface area contributed by atoms with Gasteiger partial charge in [-0.3, -0.25) is 0 Å². The van der Waals surface area contributed by atoms with Gasteiger partial charge in [0.05, 0.1) is 0 Å². The van der Waals surface area contributed by atoms with E-state index in [9.17, 15) is 0 Å². The van der Waals surface area contributed by atoms with E-state index in [1.807, 2.05) is 12.2 Å². The van der Waals surface area contributed by atoms with Gasteiger partial charge in [0.2, 0.25) is 0 Å². The molecule has 2 rings (SSSR count). The van der Waals surface area contributed by atoms with Crippen LogP contribution in [0.2, 0.25) is 0 Å². The van der Waals surface area contributed by atoms with Crippen LogP contribution in [0, 0.1) is 0 Å². The summed E-state index contributed by atoms with van der Waals surface area (Å²) < 4.78 is 1.61. The van der Waals surface area contributed by atoms with Crippen molar-refractivity contribution in [2.75, 3.05) is 0 Å². The molecule has 49 valence electrons. The lowest BCUT2D eigenvalue weighted by Crippen LogP contribution is -2.02. The smallest absolute Gasteiger partial charge is 0.155 e. The maximum atomic E-state index is 4.02. The van der Waals surface area contributed by atoms with Crippen LogP contribution in [-0.4, -0.2) is 14.8 Å². The average molecular weight is 133 g/mol. The van der Waals surface area contributed by atoms with Crippen molar-refractivity contribution in [3.63, 3.8) is 0 Å². The quantitative estimate of drug-likeness (QED) is 0.549. The summed E-state index contributed by atoms with van der Waals surface area (Å²) in [6.07, 6.45) is 8.54. The number of allylic oxidation sites excluding steroid dienone is 2. The first kappa shape index (κ1) is 5.22. The summed E-state index contributed by atoms with van der Waals surface area (Å²) in [7, 11) is 0. The minimum absolute atomic E-state index is 0.803. The van der Waals surface area contributed by atoms with Gasteiger partial charge < -0.3 is 0 Å². The minimum atomic E-state index is 0.803. The largest absolute Gasteiger partial charge is 0.237 e. The average Bonchev–Trinajstić information content (AvgIpc) is 2.59. The van der Waals surface area contributed by atoms with Crippen molar-refractivity contribution in [2.45, 2.75) is 0 Å². The van der Waals surface area contributed by atoms with Gasteiger partial charge in [0.1, 0.15) is 12.7 Å². The summed E-state index contributed by atoms with van der Waals surface area (Å²) in [5.74, 6) is 0.803. The van der Waals surface area contributed by atoms with Crippen molar-refractivity contribution < 1.29 is 0 Å². The molecule has 1 aromatic rings. The van der Waals surface area contributed by atoms with Crippen LogP contribution in [0.5, 0.6) is 0 Å². The molecular formula is C6H5N4. The Morgan fingerprint density at radius 3 is 3.00 bits per heavy atom. The highest BCUT2D eigenvalue weighted by molar-refractivity contribution is 5.49. The first-order chi connectivity index (χ1) is 4.97. The summed E-state index contributed by atoms with van der Waals surface area (Å²) in [5, 5.41) is 7.92. The fourth-order valence-corrected chi connectivity index (χ4v) is 0.754. The van der Waals surface area contributed by atoms with Crippen LogP contribution in [0.15, 0.2) is 31.0 Å². The van der Waals surface area contributed by atoms with E-state index in [0.717, 1.165) is 5.82 Å². The van der Waals surface area contributed by atoms with Crippen molar-refractivity contribution >= 4 is 5.82 Å². The molecule has 0 bridgehead atoms. The van der Waals surface area contributed by atoms with Gasteiger partial charge in [0, 0.05) is 6.20 Å². The Bertz CT molecular complexity index is 270. The zero-order valence-electron chi connectivity index (χ0n) is 5.18. The van der Waals surface area contributed by atoms with Gasteiger partial charge in [-0.25, -0.2) is 15.0 Å². The van der Waals surface area contributed by atoms with Gasteiger partial charge in [-0.1, -0.05) is 0 Å². The summed E-state index contributed by atoms with van der Waals surface area (Å²) in [6, 6.07) is 0. The molecule has 0 saturated carbocycles. The molecule has 1 radical (unpaired) electrons. The molecule has 10 heavy (non-hydrogen) atoms. The van der Waals surface area contributed by atoms with Crippen LogP contribution in [0.1, 0.15) is 0 Å². The topological polar surface area (TPSA) is 44.8 Å². The van der Waals surface area contributed by atoms with Crippen molar-refractivity contribution in [1.29, 1.82) is 0 Å². The van der Waals surface area contributed by atoms with E-state index < -0.39 is 0 Å². The van der Waals surface area contributed by atoms with E-state index in [0.29, 0.717) is 0 Å². The van der Waals surface area contributed by atoms with Crippen molar-refractivity contribution in [3.8, 4) is 0 Å². The summed E-state index contributed by atoms with van der Waals surface area (Å²) in [6.45, 7) is 0. The second-order valence-electron chi connectivity index (χ2n) is 1.84. The van der Waals surface area contributed by atoms with Crippen LogP contribution in [-0.2, 0) is 0 Å². The Hall–Kier alpha value is -1.58. The van der Waals surface area contributed by atoms with E-state index in [4.69, 9.17) is 0 Å². The molecule has 0 amide bonds. The molecule has 0 N–H and O–H groups in total. The standard InChI is InChI=1S/C6H5N4/c1-2-6(8-3-1)10-5-7-4-9-10/h1-5H. The highest BCUT2D eigenvalue weighted by Crippen LogP contribution is 2.03. The second kappa shape index (κ2) is 1.98. The third-order valence-corrected chi connectivity index (χ3v) is 1.19. The number of nitrogens with zero attached hydrogens (tertiary/aromatic N) is 4. The van der Waals surface area contributed by atoms with Gasteiger partial charge in [0.25, 0.3) is 0 Å². The number of rotatable bonds is 1. The predicted molar refractivity (Wildman–Crippen MR) is 35.6 cm³/mol. The first-order valence-corrected chi connectivity index (χ1v) is 2.89. The molecule has 1 aromatic heterocycles. The molecule has 1 aliphatic rings. The third kappa shape index (κ3) is 0.699. The SMILES string of the molecule is C1=C[N]C(n2cncn2)=C1. The Balaban J connectivity index is 2.30. The van der Waals surface area contributed by atoms with Gasteiger partial charge >= 0.3 is 0 Å². The molecule has 0 saturated heterocycles. The van der Waals surface area contributed by atoms with E-state index >= 15 is 0 Å². The van der Waals surface area contributed by atoms with E-state index in [2.05, 4.69) is 15.4 Å². The molecule has 0 aromatic carbocycles. The predicted octanol–water partition coefficient (Wildman–Crippen LogP) is 0.208. The molecule has 0 atom stereocenters. The number of hydrogen-bond acceptors (Lipinski definition) is 2. The summed E-state index contributed by atoms with van der Waals surface area (Å²) in [5.41, 5.74) is 0. The lowest BCUT2D eigenvalue weighted by molar-refractivity contribution is 0.853. The molecule has 4 nitrogen and oxygen atoms in total. The molecule has 2 heterocycles. The van der Waals surface area contributed by atoms with Crippen LogP contribution in [0.4, 0.5) is 0 Å². The monoisotopic (exact) mass is 133 g/mol. The normalized spacial score (nSPS) is 15.0. The van der Waals surface area contributed by atoms with Gasteiger partial charge in [-0.2, -0.15) is 5.10 Å². The summed E-state index contributed by atoms with van der Waals surface area (Å²) in [4.78, 5) is 3.79. The van der Waals surface area contributed by atoms with Crippen LogP contribution in [0.25, 0.3) is 5.82 Å². The maximum Gasteiger partial charge on any atom is 0.155 e. The highest BCUT2D eigenvalue weighted by atomic mass is 15.4. The van der Waals surface area contributed by atoms with E-state index in [-0.39, 0.29) is 0 Å². The Labute approximate surface area is 57.9 Å². The molecule has 0 aliphatic carbocycles. The van der Waals surface area contributed by atoms with Gasteiger partial charge in [-0.15, -0.1) is 0 Å². The zero-order valence-corrected chi connectivity index (χ0v) is 5.18. The third-order valence-electron chi connectivity index (χ3n) is 1.19. The lowest BCUT2D eigenvalue weighted by atomic mass is 10.6. The number of aromatic nitrogens is 3. The van der Waals surface area contributed by atoms with E-state index in [1.165, 1.54) is 6.33 Å². The molecule has 0 spiro atoms.